The summed E-state index contributed by atoms with van der Waals surface area (Å²) in [6.45, 7) is 1.97. The smallest absolute Gasteiger partial charge is 0.339 e. The summed E-state index contributed by atoms with van der Waals surface area (Å²) in [6.07, 6.45) is 4.29. The van der Waals surface area contributed by atoms with Gasteiger partial charge in [-0.05, 0) is 43.3 Å². The second-order valence-electron chi connectivity index (χ2n) is 5.03. The number of allylic oxidation sites excluding steroid dienone is 1. The van der Waals surface area contributed by atoms with Crippen LogP contribution in [0.25, 0.3) is 0 Å². The lowest BCUT2D eigenvalue weighted by Gasteiger charge is -2.05. The zero-order chi connectivity index (χ0) is 18.1. The SMILES string of the molecule is CCOC(=O)C(=C\Nc1ccc(Cl)cc1)/C=C/C(=O)c1ccccc1. The van der Waals surface area contributed by atoms with Gasteiger partial charge in [0.15, 0.2) is 5.78 Å². The first kappa shape index (κ1) is 18.5. The van der Waals surface area contributed by atoms with Crippen molar-refractivity contribution in [3.63, 3.8) is 0 Å². The Kier molecular flexibility index (Phi) is 6.99. The predicted octanol–water partition coefficient (Wildman–Crippen LogP) is 4.64. The van der Waals surface area contributed by atoms with Crippen LogP contribution in [-0.2, 0) is 9.53 Å². The molecule has 0 bridgehead atoms. The molecule has 0 aliphatic heterocycles. The molecule has 1 N–H and O–H groups in total. The van der Waals surface area contributed by atoms with E-state index >= 15 is 0 Å². The van der Waals surface area contributed by atoms with Crippen LogP contribution in [-0.4, -0.2) is 18.4 Å². The van der Waals surface area contributed by atoms with Crippen LogP contribution in [0.3, 0.4) is 0 Å². The van der Waals surface area contributed by atoms with Crippen LogP contribution in [0.5, 0.6) is 0 Å². The van der Waals surface area contributed by atoms with Crippen molar-refractivity contribution in [3.8, 4) is 0 Å². The lowest BCUT2D eigenvalue weighted by molar-refractivity contribution is -0.138. The molecule has 5 heteroatoms. The molecule has 0 unspecified atom stereocenters. The number of carbonyl (C=O) groups excluding carboxylic acids is 2. The third-order valence-corrected chi connectivity index (χ3v) is 3.47. The highest BCUT2D eigenvalue weighted by molar-refractivity contribution is 6.30. The van der Waals surface area contributed by atoms with E-state index in [0.29, 0.717) is 10.6 Å². The first-order valence-corrected chi connectivity index (χ1v) is 8.15. The maximum Gasteiger partial charge on any atom is 0.339 e. The molecule has 2 aromatic carbocycles. The highest BCUT2D eigenvalue weighted by Gasteiger charge is 2.08. The van der Waals surface area contributed by atoms with Gasteiger partial charge in [-0.2, -0.15) is 0 Å². The van der Waals surface area contributed by atoms with Crippen LogP contribution in [0.1, 0.15) is 17.3 Å². The molecule has 0 saturated heterocycles. The molecule has 0 radical (unpaired) electrons. The molecular formula is C20H18ClNO3. The van der Waals surface area contributed by atoms with Crippen LogP contribution < -0.4 is 5.32 Å². The number of carbonyl (C=O) groups is 2. The summed E-state index contributed by atoms with van der Waals surface area (Å²) in [4.78, 5) is 24.2. The van der Waals surface area contributed by atoms with Gasteiger partial charge in [0.1, 0.15) is 0 Å². The lowest BCUT2D eigenvalue weighted by Crippen LogP contribution is -2.08. The number of ketones is 1. The molecule has 2 rings (SSSR count). The predicted molar refractivity (Wildman–Crippen MR) is 99.7 cm³/mol. The molecule has 0 amide bonds. The van der Waals surface area contributed by atoms with Gasteiger partial charge in [-0.1, -0.05) is 41.9 Å². The summed E-state index contributed by atoms with van der Waals surface area (Å²) in [5, 5.41) is 3.61. The summed E-state index contributed by atoms with van der Waals surface area (Å²) < 4.78 is 5.02. The van der Waals surface area contributed by atoms with Crippen LogP contribution in [0.15, 0.2) is 78.5 Å². The molecule has 0 atom stereocenters. The zero-order valence-electron chi connectivity index (χ0n) is 13.7. The first-order valence-electron chi connectivity index (χ1n) is 7.77. The molecule has 4 nitrogen and oxygen atoms in total. The summed E-state index contributed by atoms with van der Waals surface area (Å²) in [6, 6.07) is 15.9. The van der Waals surface area contributed by atoms with Gasteiger partial charge >= 0.3 is 5.97 Å². The quantitative estimate of drug-likeness (QED) is 0.340. The van der Waals surface area contributed by atoms with Gasteiger partial charge in [0.2, 0.25) is 0 Å². The molecule has 25 heavy (non-hydrogen) atoms. The standard InChI is InChI=1S/C20H18ClNO3/c1-2-25-20(24)16(14-22-18-11-9-17(21)10-12-18)8-13-19(23)15-6-4-3-5-7-15/h3-14,22H,2H2,1H3/b13-8+,16-14-. The van der Waals surface area contributed by atoms with Gasteiger partial charge in [-0.3, -0.25) is 4.79 Å². The molecule has 0 spiro atoms. The number of ether oxygens (including phenoxy) is 1. The number of benzene rings is 2. The van der Waals surface area contributed by atoms with Crippen molar-refractivity contribution in [1.29, 1.82) is 0 Å². The number of esters is 1. The molecule has 0 saturated carbocycles. The van der Waals surface area contributed by atoms with Crippen molar-refractivity contribution in [1.82, 2.24) is 0 Å². The average Bonchev–Trinajstić information content (AvgIpc) is 2.63. The van der Waals surface area contributed by atoms with E-state index in [1.807, 2.05) is 6.07 Å². The second kappa shape index (κ2) is 9.45. The van der Waals surface area contributed by atoms with E-state index in [-0.39, 0.29) is 18.0 Å². The van der Waals surface area contributed by atoms with Crippen LogP contribution in [0, 0.1) is 0 Å². The largest absolute Gasteiger partial charge is 0.462 e. The van der Waals surface area contributed by atoms with E-state index in [1.54, 1.807) is 55.5 Å². The third kappa shape index (κ3) is 5.94. The van der Waals surface area contributed by atoms with E-state index in [9.17, 15) is 9.59 Å². The van der Waals surface area contributed by atoms with E-state index in [4.69, 9.17) is 16.3 Å². The topological polar surface area (TPSA) is 55.4 Å². The maximum atomic E-state index is 12.1. The molecule has 0 aliphatic carbocycles. The van der Waals surface area contributed by atoms with E-state index in [0.717, 1.165) is 5.69 Å². The number of hydrogen-bond acceptors (Lipinski definition) is 4. The molecule has 0 fully saturated rings. The molecule has 128 valence electrons. The Morgan fingerprint density at radius 1 is 1.04 bits per heavy atom. The Morgan fingerprint density at radius 2 is 1.72 bits per heavy atom. The van der Waals surface area contributed by atoms with E-state index in [2.05, 4.69) is 5.32 Å². The molecular weight excluding hydrogens is 338 g/mol. The fourth-order valence-corrected chi connectivity index (χ4v) is 2.09. The molecule has 0 aliphatic rings. The van der Waals surface area contributed by atoms with Gasteiger partial charge < -0.3 is 10.1 Å². The highest BCUT2D eigenvalue weighted by Crippen LogP contribution is 2.14. The number of hydrogen-bond donors (Lipinski definition) is 1. The highest BCUT2D eigenvalue weighted by atomic mass is 35.5. The summed E-state index contributed by atoms with van der Waals surface area (Å²) in [5.41, 5.74) is 1.54. The Morgan fingerprint density at radius 3 is 2.36 bits per heavy atom. The van der Waals surface area contributed by atoms with Gasteiger partial charge in [0.05, 0.1) is 12.2 Å². The van der Waals surface area contributed by atoms with Crippen molar-refractivity contribution >= 4 is 29.0 Å². The van der Waals surface area contributed by atoms with Crippen LogP contribution in [0.4, 0.5) is 5.69 Å². The zero-order valence-corrected chi connectivity index (χ0v) is 14.5. The van der Waals surface area contributed by atoms with E-state index in [1.165, 1.54) is 18.4 Å². The summed E-state index contributed by atoms with van der Waals surface area (Å²) >= 11 is 5.84. The van der Waals surface area contributed by atoms with Gasteiger partial charge in [0.25, 0.3) is 0 Å². The number of rotatable bonds is 7. The molecule has 2 aromatic rings. The van der Waals surface area contributed by atoms with Crippen molar-refractivity contribution in [2.45, 2.75) is 6.92 Å². The Labute approximate surface area is 151 Å². The fraction of sp³-hybridized carbons (Fsp3) is 0.100. The Hall–Kier alpha value is -2.85. The van der Waals surface area contributed by atoms with Crippen LogP contribution >= 0.6 is 11.6 Å². The van der Waals surface area contributed by atoms with Gasteiger partial charge in [-0.15, -0.1) is 0 Å². The number of nitrogens with one attached hydrogen (secondary N) is 1. The monoisotopic (exact) mass is 355 g/mol. The lowest BCUT2D eigenvalue weighted by atomic mass is 10.1. The minimum Gasteiger partial charge on any atom is -0.462 e. The summed E-state index contributed by atoms with van der Waals surface area (Å²) in [7, 11) is 0. The van der Waals surface area contributed by atoms with E-state index < -0.39 is 5.97 Å². The average molecular weight is 356 g/mol. The second-order valence-corrected chi connectivity index (χ2v) is 5.47. The molecule has 0 aromatic heterocycles. The van der Waals surface area contributed by atoms with Crippen molar-refractivity contribution < 1.29 is 14.3 Å². The van der Waals surface area contributed by atoms with Crippen molar-refractivity contribution in [3.05, 3.63) is 89.1 Å². The minimum atomic E-state index is -0.513. The fourth-order valence-electron chi connectivity index (χ4n) is 1.96. The Balaban J connectivity index is 2.16. The maximum absolute atomic E-state index is 12.1. The van der Waals surface area contributed by atoms with Crippen LogP contribution in [0.2, 0.25) is 5.02 Å². The summed E-state index contributed by atoms with van der Waals surface area (Å²) in [5.74, 6) is -0.705. The minimum absolute atomic E-state index is 0.192. The molecule has 0 heterocycles. The van der Waals surface area contributed by atoms with Gasteiger partial charge in [-0.25, -0.2) is 4.79 Å². The number of anilines is 1. The van der Waals surface area contributed by atoms with Crippen molar-refractivity contribution in [2.75, 3.05) is 11.9 Å². The number of halogens is 1. The van der Waals surface area contributed by atoms with Gasteiger partial charge in [0, 0.05) is 22.5 Å². The third-order valence-electron chi connectivity index (χ3n) is 3.22. The normalized spacial score (nSPS) is 11.4. The van der Waals surface area contributed by atoms with Crippen molar-refractivity contribution in [2.24, 2.45) is 0 Å². The Bertz CT molecular complexity index is 780. The first-order chi connectivity index (χ1) is 12.1.